The Morgan fingerprint density at radius 3 is 2.73 bits per heavy atom. The van der Waals surface area contributed by atoms with Crippen molar-refractivity contribution >= 4 is 17.7 Å². The number of nitrogens with two attached hydrogens (primary N) is 1. The summed E-state index contributed by atoms with van der Waals surface area (Å²) in [5, 5.41) is 4.83. The van der Waals surface area contributed by atoms with E-state index in [0.717, 1.165) is 0 Å². The van der Waals surface area contributed by atoms with Crippen LogP contribution in [0, 0.1) is 5.41 Å². The molecule has 1 heterocycles. The molecule has 2 atom stereocenters. The van der Waals surface area contributed by atoms with E-state index >= 15 is 0 Å². The Hall–Kier alpha value is -1.73. The van der Waals surface area contributed by atoms with Gasteiger partial charge >= 0.3 is 0 Å². The average Bonchev–Trinajstić information content (AvgIpc) is 2.46. The second-order valence-corrected chi connectivity index (χ2v) is 5.98. The van der Waals surface area contributed by atoms with Gasteiger partial charge in [-0.05, 0) is 13.3 Å². The summed E-state index contributed by atoms with van der Waals surface area (Å²) in [7, 11) is 0. The van der Waals surface area contributed by atoms with Crippen molar-refractivity contribution in [2.45, 2.75) is 45.8 Å². The van der Waals surface area contributed by atoms with Crippen molar-refractivity contribution in [3.63, 3.8) is 0 Å². The molecule has 1 aliphatic rings. The molecule has 22 heavy (non-hydrogen) atoms. The first-order valence-corrected chi connectivity index (χ1v) is 7.35. The van der Waals surface area contributed by atoms with Gasteiger partial charge in [-0.25, -0.2) is 0 Å². The van der Waals surface area contributed by atoms with Gasteiger partial charge in [-0.15, -0.1) is 0 Å². The van der Waals surface area contributed by atoms with E-state index < -0.39 is 23.3 Å². The highest BCUT2D eigenvalue weighted by Crippen LogP contribution is 2.31. The molecule has 1 unspecified atom stereocenters. The van der Waals surface area contributed by atoms with Crippen LogP contribution in [0.15, 0.2) is 12.2 Å². The number of carbonyl (C=O) groups excluding carboxylic acids is 3. The lowest BCUT2D eigenvalue weighted by Crippen LogP contribution is -2.53. The van der Waals surface area contributed by atoms with Gasteiger partial charge in [-0.3, -0.25) is 19.7 Å². The monoisotopic (exact) mass is 311 g/mol. The molecule has 3 amide bonds. The van der Waals surface area contributed by atoms with Crippen molar-refractivity contribution in [2.24, 2.45) is 11.1 Å². The number of hydrogen-bond donors (Lipinski definition) is 3. The molecule has 0 spiro atoms. The van der Waals surface area contributed by atoms with E-state index in [1.165, 1.54) is 0 Å². The Morgan fingerprint density at radius 1 is 1.55 bits per heavy atom. The Labute approximate surface area is 130 Å². The van der Waals surface area contributed by atoms with E-state index in [9.17, 15) is 14.4 Å². The summed E-state index contributed by atoms with van der Waals surface area (Å²) in [6.45, 7) is 10.2. The van der Waals surface area contributed by atoms with Gasteiger partial charge in [0, 0.05) is 24.0 Å². The Bertz CT molecular complexity index is 473. The third-order valence-electron chi connectivity index (χ3n) is 4.10. The highest BCUT2D eigenvalue weighted by atomic mass is 16.5. The number of piperidine rings is 1. The van der Waals surface area contributed by atoms with Gasteiger partial charge in [0.1, 0.15) is 6.04 Å². The first-order chi connectivity index (χ1) is 10.2. The normalized spacial score (nSPS) is 20.3. The fourth-order valence-corrected chi connectivity index (χ4v) is 2.07. The number of imide groups is 1. The smallest absolute Gasteiger partial charge is 0.249 e. The minimum atomic E-state index is -0.710. The zero-order valence-corrected chi connectivity index (χ0v) is 13.4. The maximum Gasteiger partial charge on any atom is 0.249 e. The van der Waals surface area contributed by atoms with Gasteiger partial charge in [-0.1, -0.05) is 20.4 Å². The van der Waals surface area contributed by atoms with Gasteiger partial charge in [0.25, 0.3) is 0 Å². The van der Waals surface area contributed by atoms with Gasteiger partial charge in [0.2, 0.25) is 17.7 Å². The van der Waals surface area contributed by atoms with Crippen LogP contribution in [0.3, 0.4) is 0 Å². The van der Waals surface area contributed by atoms with Crippen molar-refractivity contribution in [1.82, 2.24) is 10.6 Å². The van der Waals surface area contributed by atoms with Crippen molar-refractivity contribution < 1.29 is 19.1 Å². The molecule has 0 saturated carbocycles. The van der Waals surface area contributed by atoms with Crippen LogP contribution in [0.1, 0.15) is 33.6 Å². The summed E-state index contributed by atoms with van der Waals surface area (Å²) in [6.07, 6.45) is 0.252. The van der Waals surface area contributed by atoms with Crippen molar-refractivity contribution in [3.8, 4) is 0 Å². The molecule has 7 nitrogen and oxygen atoms in total. The maximum atomic E-state index is 12.3. The van der Waals surface area contributed by atoms with Crippen molar-refractivity contribution in [1.29, 1.82) is 0 Å². The molecule has 0 aromatic rings. The van der Waals surface area contributed by atoms with Crippen LogP contribution in [-0.4, -0.2) is 43.0 Å². The topological polar surface area (TPSA) is 111 Å². The van der Waals surface area contributed by atoms with E-state index in [-0.39, 0.29) is 18.4 Å². The molecule has 0 aromatic heterocycles. The maximum absolute atomic E-state index is 12.3. The first kappa shape index (κ1) is 18.3. The fourth-order valence-electron chi connectivity index (χ4n) is 2.07. The lowest BCUT2D eigenvalue weighted by Gasteiger charge is -2.34. The van der Waals surface area contributed by atoms with E-state index in [4.69, 9.17) is 10.5 Å². The van der Waals surface area contributed by atoms with E-state index in [1.54, 1.807) is 0 Å². The first-order valence-electron chi connectivity index (χ1n) is 7.35. The number of ether oxygens (including phenoxy) is 1. The zero-order chi connectivity index (χ0) is 16.9. The van der Waals surface area contributed by atoms with Crippen LogP contribution in [0.5, 0.6) is 0 Å². The Balaban J connectivity index is 2.65. The number of hydrogen-bond acceptors (Lipinski definition) is 5. The number of carbonyl (C=O) groups is 3. The van der Waals surface area contributed by atoms with Crippen LogP contribution in [0.2, 0.25) is 0 Å². The Kier molecular flexibility index (Phi) is 6.25. The largest absolute Gasteiger partial charge is 0.376 e. The molecule has 0 aromatic carbocycles. The van der Waals surface area contributed by atoms with E-state index in [1.807, 2.05) is 20.8 Å². The minimum absolute atomic E-state index is 0.211. The molecule has 1 fully saturated rings. The van der Waals surface area contributed by atoms with E-state index in [0.29, 0.717) is 25.1 Å². The van der Waals surface area contributed by atoms with Gasteiger partial charge < -0.3 is 15.8 Å². The Morgan fingerprint density at radius 2 is 2.18 bits per heavy atom. The summed E-state index contributed by atoms with van der Waals surface area (Å²) in [5.41, 5.74) is 5.12. The summed E-state index contributed by atoms with van der Waals surface area (Å²) in [4.78, 5) is 35.1. The number of nitrogens with one attached hydrogen (secondary N) is 2. The number of rotatable bonds is 7. The molecule has 1 saturated heterocycles. The minimum Gasteiger partial charge on any atom is -0.376 e. The highest BCUT2D eigenvalue weighted by Gasteiger charge is 2.35. The van der Waals surface area contributed by atoms with Crippen molar-refractivity contribution in [2.75, 3.05) is 13.2 Å². The van der Waals surface area contributed by atoms with Gasteiger partial charge in [0.15, 0.2) is 0 Å². The summed E-state index contributed by atoms with van der Waals surface area (Å²) >= 11 is 0. The molecular formula is C15H25N3O4. The third-order valence-corrected chi connectivity index (χ3v) is 4.10. The third kappa shape index (κ3) is 4.38. The molecule has 1 rings (SSSR count). The molecule has 0 aliphatic carbocycles. The van der Waals surface area contributed by atoms with Crippen LogP contribution in [-0.2, 0) is 19.1 Å². The second kappa shape index (κ2) is 7.51. The van der Waals surface area contributed by atoms with Crippen molar-refractivity contribution in [3.05, 3.63) is 12.2 Å². The van der Waals surface area contributed by atoms with E-state index in [2.05, 4.69) is 17.2 Å². The molecule has 1 aliphatic heterocycles. The molecule has 0 radical (unpaired) electrons. The van der Waals surface area contributed by atoms with Crippen LogP contribution >= 0.6 is 0 Å². The number of amides is 3. The second-order valence-electron chi connectivity index (χ2n) is 5.98. The standard InChI is InChI=1S/C15H25N3O4/c1-9(15(3,4)10(2)22-8-7-16)13(20)17-11-5-6-12(19)18-14(11)21/h10-11H,1,5-8,16H2,2-4H3,(H,17,20)(H,18,19,21)/t10-,11?/m0/s1. The zero-order valence-electron chi connectivity index (χ0n) is 13.4. The predicted octanol–water partition coefficient (Wildman–Crippen LogP) is -0.146. The predicted molar refractivity (Wildman–Crippen MR) is 81.7 cm³/mol. The van der Waals surface area contributed by atoms with Crippen LogP contribution < -0.4 is 16.4 Å². The average molecular weight is 311 g/mol. The SMILES string of the molecule is C=C(C(=O)NC1CCC(=O)NC1=O)C(C)(C)[C@H](C)OCCN. The molecular weight excluding hydrogens is 286 g/mol. The summed E-state index contributed by atoms with van der Waals surface area (Å²) in [6, 6.07) is -0.710. The fraction of sp³-hybridized carbons (Fsp3) is 0.667. The molecule has 0 bridgehead atoms. The molecule has 124 valence electrons. The molecule has 4 N–H and O–H groups in total. The highest BCUT2D eigenvalue weighted by molar-refractivity contribution is 6.03. The quantitative estimate of drug-likeness (QED) is 0.447. The lowest BCUT2D eigenvalue weighted by molar-refractivity contribution is -0.137. The lowest BCUT2D eigenvalue weighted by atomic mass is 9.79. The summed E-state index contributed by atoms with van der Waals surface area (Å²) in [5.74, 6) is -1.22. The van der Waals surface area contributed by atoms with Crippen LogP contribution in [0.25, 0.3) is 0 Å². The van der Waals surface area contributed by atoms with Crippen LogP contribution in [0.4, 0.5) is 0 Å². The molecule has 7 heteroatoms. The summed E-state index contributed by atoms with van der Waals surface area (Å²) < 4.78 is 5.56. The van der Waals surface area contributed by atoms with Gasteiger partial charge in [-0.2, -0.15) is 0 Å². The van der Waals surface area contributed by atoms with Gasteiger partial charge in [0.05, 0.1) is 12.7 Å².